The summed E-state index contributed by atoms with van der Waals surface area (Å²) in [7, 11) is 0. The average Bonchev–Trinajstić information content (AvgIpc) is 2.98. The summed E-state index contributed by atoms with van der Waals surface area (Å²) in [6.07, 6.45) is 3.31. The Hall–Kier alpha value is -1.35. The van der Waals surface area contributed by atoms with Crippen LogP contribution in [0.15, 0.2) is 30.3 Å². The molecule has 2 saturated heterocycles. The molecule has 0 bridgehead atoms. The average molecular weight is 272 g/mol. The number of hydrogen-bond acceptors (Lipinski definition) is 2. The van der Waals surface area contributed by atoms with Gasteiger partial charge in [0.1, 0.15) is 6.17 Å². The maximum atomic E-state index is 12.6. The third kappa shape index (κ3) is 2.47. The molecule has 2 atom stereocenters. The van der Waals surface area contributed by atoms with Crippen LogP contribution in [0, 0.1) is 5.92 Å². The van der Waals surface area contributed by atoms with Gasteiger partial charge in [0, 0.05) is 25.6 Å². The Balaban J connectivity index is 1.87. The minimum absolute atomic E-state index is 0.162. The Labute approximate surface area is 121 Å². The highest BCUT2D eigenvalue weighted by Gasteiger charge is 2.44. The molecule has 2 aliphatic rings. The summed E-state index contributed by atoms with van der Waals surface area (Å²) in [6.45, 7) is 6.26. The number of hydrogen-bond donors (Lipinski definition) is 0. The summed E-state index contributed by atoms with van der Waals surface area (Å²) in [6, 6.07) is 11.1. The molecule has 0 aliphatic carbocycles. The first kappa shape index (κ1) is 13.6. The second-order valence-electron chi connectivity index (χ2n) is 6.46. The SMILES string of the molecule is CC(C)CC(=O)N1CC2CCCN2C1c1ccccc1. The van der Waals surface area contributed by atoms with Crippen LogP contribution in [-0.4, -0.2) is 34.8 Å². The lowest BCUT2D eigenvalue weighted by atomic mass is 10.1. The van der Waals surface area contributed by atoms with Crippen molar-refractivity contribution in [2.75, 3.05) is 13.1 Å². The van der Waals surface area contributed by atoms with E-state index >= 15 is 0 Å². The first-order chi connectivity index (χ1) is 9.66. The topological polar surface area (TPSA) is 23.6 Å². The minimum Gasteiger partial charge on any atom is -0.321 e. The molecule has 20 heavy (non-hydrogen) atoms. The van der Waals surface area contributed by atoms with Crippen molar-refractivity contribution in [2.45, 2.75) is 45.3 Å². The summed E-state index contributed by atoms with van der Waals surface area (Å²) in [5, 5.41) is 0. The van der Waals surface area contributed by atoms with Crippen molar-refractivity contribution in [3.05, 3.63) is 35.9 Å². The van der Waals surface area contributed by atoms with Gasteiger partial charge in [-0.2, -0.15) is 0 Å². The van der Waals surface area contributed by atoms with Gasteiger partial charge in [-0.1, -0.05) is 44.2 Å². The predicted octanol–water partition coefficient (Wildman–Crippen LogP) is 3.04. The van der Waals surface area contributed by atoms with Crippen LogP contribution in [0.3, 0.4) is 0 Å². The standard InChI is InChI=1S/C17H24N2O/c1-13(2)11-16(20)19-12-15-9-6-10-18(15)17(19)14-7-4-3-5-8-14/h3-5,7-8,13,15,17H,6,9-12H2,1-2H3. The lowest BCUT2D eigenvalue weighted by Gasteiger charge is -2.30. The van der Waals surface area contributed by atoms with E-state index < -0.39 is 0 Å². The van der Waals surface area contributed by atoms with Crippen LogP contribution in [0.2, 0.25) is 0 Å². The number of rotatable bonds is 3. The molecule has 3 heteroatoms. The molecule has 2 aliphatic heterocycles. The molecule has 0 N–H and O–H groups in total. The first-order valence-electron chi connectivity index (χ1n) is 7.77. The third-order valence-electron chi connectivity index (χ3n) is 4.44. The van der Waals surface area contributed by atoms with Gasteiger partial charge < -0.3 is 4.90 Å². The van der Waals surface area contributed by atoms with Crippen molar-refractivity contribution >= 4 is 5.91 Å². The van der Waals surface area contributed by atoms with Gasteiger partial charge in [-0.25, -0.2) is 0 Å². The molecule has 2 unspecified atom stereocenters. The van der Waals surface area contributed by atoms with Gasteiger partial charge in [0.15, 0.2) is 0 Å². The lowest BCUT2D eigenvalue weighted by molar-refractivity contribution is -0.134. The quantitative estimate of drug-likeness (QED) is 0.844. The highest BCUT2D eigenvalue weighted by Crippen LogP contribution is 2.39. The minimum atomic E-state index is 0.162. The Kier molecular flexibility index (Phi) is 3.79. The van der Waals surface area contributed by atoms with Gasteiger partial charge in [0.2, 0.25) is 5.91 Å². The summed E-state index contributed by atoms with van der Waals surface area (Å²) < 4.78 is 0. The molecule has 0 saturated carbocycles. The maximum Gasteiger partial charge on any atom is 0.224 e. The van der Waals surface area contributed by atoms with Gasteiger partial charge in [-0.05, 0) is 24.3 Å². The Morgan fingerprint density at radius 1 is 1.30 bits per heavy atom. The summed E-state index contributed by atoms with van der Waals surface area (Å²) >= 11 is 0. The van der Waals surface area contributed by atoms with Crippen molar-refractivity contribution in [1.82, 2.24) is 9.80 Å². The molecule has 0 aromatic heterocycles. The van der Waals surface area contributed by atoms with Crippen LogP contribution in [0.5, 0.6) is 0 Å². The smallest absolute Gasteiger partial charge is 0.224 e. The van der Waals surface area contributed by atoms with Crippen LogP contribution >= 0.6 is 0 Å². The van der Waals surface area contributed by atoms with E-state index in [2.05, 4.69) is 47.9 Å². The fourth-order valence-electron chi connectivity index (χ4n) is 3.58. The fourth-order valence-corrected chi connectivity index (χ4v) is 3.58. The van der Waals surface area contributed by atoms with Gasteiger partial charge in [0.05, 0.1) is 0 Å². The van der Waals surface area contributed by atoms with Crippen molar-refractivity contribution in [3.63, 3.8) is 0 Å². The number of nitrogens with zero attached hydrogens (tertiary/aromatic N) is 2. The van der Waals surface area contributed by atoms with Crippen LogP contribution in [0.1, 0.15) is 44.8 Å². The van der Waals surface area contributed by atoms with Crippen molar-refractivity contribution in [3.8, 4) is 0 Å². The van der Waals surface area contributed by atoms with Crippen molar-refractivity contribution in [2.24, 2.45) is 5.92 Å². The molecule has 1 amide bonds. The fraction of sp³-hybridized carbons (Fsp3) is 0.588. The van der Waals surface area contributed by atoms with Crippen LogP contribution in [0.25, 0.3) is 0 Å². The molecular weight excluding hydrogens is 248 g/mol. The molecule has 2 heterocycles. The second-order valence-corrected chi connectivity index (χ2v) is 6.46. The highest BCUT2D eigenvalue weighted by molar-refractivity contribution is 5.77. The molecule has 1 aromatic rings. The van der Waals surface area contributed by atoms with Gasteiger partial charge >= 0.3 is 0 Å². The lowest BCUT2D eigenvalue weighted by Crippen LogP contribution is -2.35. The number of fused-ring (bicyclic) bond motifs is 1. The molecular formula is C17H24N2O. The van der Waals surface area contributed by atoms with E-state index in [4.69, 9.17) is 0 Å². The van der Waals surface area contributed by atoms with Gasteiger partial charge in [-0.3, -0.25) is 9.69 Å². The van der Waals surface area contributed by atoms with E-state index in [1.165, 1.54) is 18.4 Å². The molecule has 0 radical (unpaired) electrons. The van der Waals surface area contributed by atoms with E-state index in [-0.39, 0.29) is 6.17 Å². The number of amides is 1. The van der Waals surface area contributed by atoms with E-state index in [9.17, 15) is 4.79 Å². The zero-order valence-electron chi connectivity index (χ0n) is 12.5. The molecule has 1 aromatic carbocycles. The maximum absolute atomic E-state index is 12.6. The number of benzene rings is 1. The molecule has 108 valence electrons. The van der Waals surface area contributed by atoms with Gasteiger partial charge in [-0.15, -0.1) is 0 Å². The largest absolute Gasteiger partial charge is 0.321 e. The molecule has 0 spiro atoms. The van der Waals surface area contributed by atoms with Crippen molar-refractivity contribution in [1.29, 1.82) is 0 Å². The second kappa shape index (κ2) is 5.57. The van der Waals surface area contributed by atoms with E-state index in [1.54, 1.807) is 0 Å². The molecule has 3 nitrogen and oxygen atoms in total. The van der Waals surface area contributed by atoms with E-state index in [1.807, 2.05) is 6.07 Å². The van der Waals surface area contributed by atoms with Gasteiger partial charge in [0.25, 0.3) is 0 Å². The zero-order valence-corrected chi connectivity index (χ0v) is 12.5. The normalized spacial score (nSPS) is 26.2. The van der Waals surface area contributed by atoms with E-state index in [0.29, 0.717) is 24.3 Å². The van der Waals surface area contributed by atoms with Crippen molar-refractivity contribution < 1.29 is 4.79 Å². The zero-order chi connectivity index (χ0) is 14.1. The molecule has 3 rings (SSSR count). The predicted molar refractivity (Wildman–Crippen MR) is 80.1 cm³/mol. The first-order valence-corrected chi connectivity index (χ1v) is 7.77. The van der Waals surface area contributed by atoms with Crippen LogP contribution in [-0.2, 0) is 4.79 Å². The highest BCUT2D eigenvalue weighted by atomic mass is 16.2. The molecule has 2 fully saturated rings. The Bertz CT molecular complexity index is 471. The number of carbonyl (C=O) groups excluding carboxylic acids is 1. The summed E-state index contributed by atoms with van der Waals surface area (Å²) in [4.78, 5) is 17.2. The third-order valence-corrected chi connectivity index (χ3v) is 4.44. The monoisotopic (exact) mass is 272 g/mol. The van der Waals surface area contributed by atoms with Crippen LogP contribution < -0.4 is 0 Å². The van der Waals surface area contributed by atoms with Crippen LogP contribution in [0.4, 0.5) is 0 Å². The Morgan fingerprint density at radius 3 is 2.75 bits per heavy atom. The summed E-state index contributed by atoms with van der Waals surface area (Å²) in [5.41, 5.74) is 1.26. The Morgan fingerprint density at radius 2 is 2.05 bits per heavy atom. The number of carbonyl (C=O) groups is 1. The summed E-state index contributed by atoms with van der Waals surface area (Å²) in [5.74, 6) is 0.734. The van der Waals surface area contributed by atoms with E-state index in [0.717, 1.165) is 13.1 Å².